The van der Waals surface area contributed by atoms with Gasteiger partial charge in [0.2, 0.25) is 0 Å². The van der Waals surface area contributed by atoms with Gasteiger partial charge in [-0.3, -0.25) is 0 Å². The minimum atomic E-state index is -0.486. The molecule has 1 aromatic carbocycles. The van der Waals surface area contributed by atoms with Gasteiger partial charge in [-0.25, -0.2) is 8.78 Å². The largest absolute Gasteiger partial charge is 0.314 e. The van der Waals surface area contributed by atoms with E-state index in [1.807, 2.05) is 0 Å². The molecule has 1 N–H and O–H groups in total. The second kappa shape index (κ2) is 7.88. The van der Waals surface area contributed by atoms with E-state index < -0.39 is 11.6 Å². The highest BCUT2D eigenvalue weighted by molar-refractivity contribution is 5.18. The van der Waals surface area contributed by atoms with Crippen molar-refractivity contribution in [2.75, 3.05) is 6.54 Å². The normalized spacial score (nSPS) is 22.7. The molecule has 0 bridgehead atoms. The fourth-order valence-electron chi connectivity index (χ4n) is 3.53. The van der Waals surface area contributed by atoms with E-state index in [1.165, 1.54) is 44.2 Å². The lowest BCUT2D eigenvalue weighted by Gasteiger charge is -2.31. The highest BCUT2D eigenvalue weighted by Gasteiger charge is 2.21. The van der Waals surface area contributed by atoms with Gasteiger partial charge in [-0.1, -0.05) is 26.7 Å². The second-order valence-corrected chi connectivity index (χ2v) is 6.84. The monoisotopic (exact) mass is 295 g/mol. The molecule has 1 aliphatic rings. The van der Waals surface area contributed by atoms with Crippen LogP contribution in [0, 0.1) is 23.5 Å². The Bertz CT molecular complexity index is 425. The molecule has 0 radical (unpaired) electrons. The van der Waals surface area contributed by atoms with Crippen LogP contribution in [0.5, 0.6) is 0 Å². The Labute approximate surface area is 127 Å². The zero-order valence-corrected chi connectivity index (χ0v) is 13.2. The molecule has 0 spiro atoms. The van der Waals surface area contributed by atoms with Gasteiger partial charge in [0.05, 0.1) is 0 Å². The molecule has 2 atom stereocenters. The van der Waals surface area contributed by atoms with Gasteiger partial charge in [0, 0.05) is 12.1 Å². The lowest BCUT2D eigenvalue weighted by Crippen LogP contribution is -2.35. The second-order valence-electron chi connectivity index (χ2n) is 6.84. The zero-order valence-electron chi connectivity index (χ0n) is 13.2. The highest BCUT2D eigenvalue weighted by atomic mass is 19.1. The SMILES string of the molecule is CC(C)CC1CCCC(NCCc2cc(F)cc(F)c2)C1. The predicted octanol–water partition coefficient (Wildman–Crippen LogP) is 4.70. The van der Waals surface area contributed by atoms with Gasteiger partial charge in [0.1, 0.15) is 11.6 Å². The fraction of sp³-hybridized carbons (Fsp3) is 0.667. The fourth-order valence-corrected chi connectivity index (χ4v) is 3.53. The van der Waals surface area contributed by atoms with Crippen LogP contribution in [0.2, 0.25) is 0 Å². The summed E-state index contributed by atoms with van der Waals surface area (Å²) in [7, 11) is 0. The van der Waals surface area contributed by atoms with Crippen molar-refractivity contribution in [1.82, 2.24) is 5.32 Å². The Morgan fingerprint density at radius 2 is 1.86 bits per heavy atom. The summed E-state index contributed by atoms with van der Waals surface area (Å²) in [5.74, 6) is 0.631. The molecule has 1 fully saturated rings. The molecule has 0 aromatic heterocycles. The summed E-state index contributed by atoms with van der Waals surface area (Å²) in [5, 5.41) is 3.57. The van der Waals surface area contributed by atoms with Crippen LogP contribution >= 0.6 is 0 Å². The van der Waals surface area contributed by atoms with Crippen LogP contribution in [0.1, 0.15) is 51.5 Å². The third-order valence-corrected chi connectivity index (χ3v) is 4.36. The van der Waals surface area contributed by atoms with E-state index in [0.29, 0.717) is 12.5 Å². The lowest BCUT2D eigenvalue weighted by atomic mass is 9.81. The average Bonchev–Trinajstić information content (AvgIpc) is 2.37. The molecule has 0 amide bonds. The van der Waals surface area contributed by atoms with Crippen molar-refractivity contribution in [2.45, 2.75) is 58.4 Å². The van der Waals surface area contributed by atoms with Gasteiger partial charge in [-0.15, -0.1) is 0 Å². The third kappa shape index (κ3) is 5.74. The first-order valence-electron chi connectivity index (χ1n) is 8.21. The summed E-state index contributed by atoms with van der Waals surface area (Å²) in [5.41, 5.74) is 0.731. The molecule has 1 aromatic rings. The number of benzene rings is 1. The molecule has 2 rings (SSSR count). The maximum absolute atomic E-state index is 13.1. The lowest BCUT2D eigenvalue weighted by molar-refractivity contribution is 0.253. The van der Waals surface area contributed by atoms with E-state index in [9.17, 15) is 8.78 Å². The molecule has 0 saturated heterocycles. The van der Waals surface area contributed by atoms with Gasteiger partial charge in [-0.2, -0.15) is 0 Å². The van der Waals surface area contributed by atoms with E-state index in [-0.39, 0.29) is 0 Å². The number of hydrogen-bond acceptors (Lipinski definition) is 1. The number of rotatable bonds is 6. The van der Waals surface area contributed by atoms with Crippen molar-refractivity contribution in [3.8, 4) is 0 Å². The first kappa shape index (κ1) is 16.4. The third-order valence-electron chi connectivity index (χ3n) is 4.36. The smallest absolute Gasteiger partial charge is 0.126 e. The molecule has 1 nitrogen and oxygen atoms in total. The molecule has 2 unspecified atom stereocenters. The maximum atomic E-state index is 13.1. The highest BCUT2D eigenvalue weighted by Crippen LogP contribution is 2.29. The molecule has 118 valence electrons. The van der Waals surface area contributed by atoms with Gasteiger partial charge < -0.3 is 5.32 Å². The molecule has 0 heterocycles. The first-order valence-corrected chi connectivity index (χ1v) is 8.21. The van der Waals surface area contributed by atoms with Crippen molar-refractivity contribution < 1.29 is 8.78 Å². The maximum Gasteiger partial charge on any atom is 0.126 e. The molecule has 1 aliphatic carbocycles. The van der Waals surface area contributed by atoms with Crippen LogP contribution in [-0.2, 0) is 6.42 Å². The minimum absolute atomic E-state index is 0.486. The summed E-state index contributed by atoms with van der Waals surface area (Å²) in [6.45, 7) is 5.37. The Kier molecular flexibility index (Phi) is 6.16. The Balaban J connectivity index is 1.75. The zero-order chi connectivity index (χ0) is 15.2. The van der Waals surface area contributed by atoms with Gasteiger partial charge in [0.15, 0.2) is 0 Å². The van der Waals surface area contributed by atoms with E-state index in [1.54, 1.807) is 0 Å². The first-order chi connectivity index (χ1) is 10.0. The van der Waals surface area contributed by atoms with E-state index in [2.05, 4.69) is 19.2 Å². The van der Waals surface area contributed by atoms with E-state index in [4.69, 9.17) is 0 Å². The van der Waals surface area contributed by atoms with Crippen LogP contribution in [0.3, 0.4) is 0 Å². The van der Waals surface area contributed by atoms with Crippen LogP contribution in [0.15, 0.2) is 18.2 Å². The molecule has 3 heteroatoms. The summed E-state index contributed by atoms with van der Waals surface area (Å²) in [6.07, 6.45) is 7.12. The Morgan fingerprint density at radius 3 is 2.52 bits per heavy atom. The predicted molar refractivity (Wildman–Crippen MR) is 83.3 cm³/mol. The van der Waals surface area contributed by atoms with Crippen molar-refractivity contribution in [3.63, 3.8) is 0 Å². The summed E-state index contributed by atoms with van der Waals surface area (Å²) in [6, 6.07) is 4.34. The van der Waals surface area contributed by atoms with Crippen molar-refractivity contribution in [2.24, 2.45) is 11.8 Å². The van der Waals surface area contributed by atoms with Crippen molar-refractivity contribution in [1.29, 1.82) is 0 Å². The molecular weight excluding hydrogens is 268 g/mol. The van der Waals surface area contributed by atoms with Crippen LogP contribution in [-0.4, -0.2) is 12.6 Å². The topological polar surface area (TPSA) is 12.0 Å². The summed E-state index contributed by atoms with van der Waals surface area (Å²) in [4.78, 5) is 0. The molecule has 0 aliphatic heterocycles. The van der Waals surface area contributed by atoms with Crippen LogP contribution in [0.4, 0.5) is 8.78 Å². The van der Waals surface area contributed by atoms with Crippen LogP contribution in [0.25, 0.3) is 0 Å². The standard InChI is InChI=1S/C18H27F2N/c1-13(2)8-14-4-3-5-18(11-14)21-7-6-15-9-16(19)12-17(20)10-15/h9-10,12-14,18,21H,3-8,11H2,1-2H3. The molecular formula is C18H27F2N. The van der Waals surface area contributed by atoms with Crippen molar-refractivity contribution in [3.05, 3.63) is 35.4 Å². The van der Waals surface area contributed by atoms with Gasteiger partial charge in [0.25, 0.3) is 0 Å². The minimum Gasteiger partial charge on any atom is -0.314 e. The number of hydrogen-bond donors (Lipinski definition) is 1. The molecule has 1 saturated carbocycles. The van der Waals surface area contributed by atoms with Crippen LogP contribution < -0.4 is 5.32 Å². The summed E-state index contributed by atoms with van der Waals surface area (Å²) >= 11 is 0. The van der Waals surface area contributed by atoms with Crippen molar-refractivity contribution >= 4 is 0 Å². The summed E-state index contributed by atoms with van der Waals surface area (Å²) < 4.78 is 26.2. The molecule has 21 heavy (non-hydrogen) atoms. The van der Waals surface area contributed by atoms with Gasteiger partial charge >= 0.3 is 0 Å². The average molecular weight is 295 g/mol. The quantitative estimate of drug-likeness (QED) is 0.802. The Morgan fingerprint density at radius 1 is 1.14 bits per heavy atom. The van der Waals surface area contributed by atoms with Gasteiger partial charge in [-0.05, 0) is 61.8 Å². The van der Waals surface area contributed by atoms with E-state index in [0.717, 1.165) is 30.0 Å². The Hall–Kier alpha value is -0.960. The number of halogens is 2. The van der Waals surface area contributed by atoms with E-state index >= 15 is 0 Å². The number of nitrogens with one attached hydrogen (secondary N) is 1.